The second-order valence-corrected chi connectivity index (χ2v) is 5.17. The molecule has 0 spiro atoms. The Bertz CT molecular complexity index is 562. The molecular formula is C15H17FN2O2. The van der Waals surface area contributed by atoms with Gasteiger partial charge in [0.2, 0.25) is 0 Å². The van der Waals surface area contributed by atoms with E-state index in [1.165, 1.54) is 12.1 Å². The third kappa shape index (κ3) is 2.89. The number of hydrogen-bond acceptors (Lipinski definition) is 4. The number of aromatic nitrogens is 1. The lowest BCUT2D eigenvalue weighted by Gasteiger charge is -2.14. The molecule has 5 heteroatoms. The van der Waals surface area contributed by atoms with Crippen LogP contribution in [0.4, 0.5) is 4.39 Å². The number of nitrogens with zero attached hydrogens (tertiary/aromatic N) is 1. The van der Waals surface area contributed by atoms with E-state index in [4.69, 9.17) is 4.52 Å². The van der Waals surface area contributed by atoms with Crippen LogP contribution >= 0.6 is 0 Å². The van der Waals surface area contributed by atoms with E-state index < -0.39 is 6.10 Å². The average molecular weight is 276 g/mol. The number of aliphatic hydroxyl groups excluding tert-OH is 1. The number of aliphatic hydroxyl groups is 1. The summed E-state index contributed by atoms with van der Waals surface area (Å²) in [6.07, 6.45) is 1.92. The van der Waals surface area contributed by atoms with Gasteiger partial charge in [-0.25, -0.2) is 4.39 Å². The minimum atomic E-state index is -0.636. The van der Waals surface area contributed by atoms with Gasteiger partial charge in [0.15, 0.2) is 0 Å². The normalized spacial score (nSPS) is 20.2. The molecule has 0 bridgehead atoms. The Hall–Kier alpha value is -1.72. The SMILES string of the molecule is O[C@H](c1cc(Cc2ccc(F)cc2)on1)[C@@H]1CCCN1. The van der Waals surface area contributed by atoms with Gasteiger partial charge in [-0.3, -0.25) is 0 Å². The van der Waals surface area contributed by atoms with Gasteiger partial charge in [0.1, 0.15) is 23.4 Å². The van der Waals surface area contributed by atoms with Crippen LogP contribution in [0.1, 0.15) is 36.0 Å². The molecule has 20 heavy (non-hydrogen) atoms. The Morgan fingerprint density at radius 1 is 1.40 bits per heavy atom. The van der Waals surface area contributed by atoms with Crippen molar-refractivity contribution in [1.82, 2.24) is 10.5 Å². The highest BCUT2D eigenvalue weighted by Gasteiger charge is 2.26. The third-order valence-corrected chi connectivity index (χ3v) is 3.65. The predicted molar refractivity (Wildman–Crippen MR) is 71.7 cm³/mol. The summed E-state index contributed by atoms with van der Waals surface area (Å²) < 4.78 is 18.1. The van der Waals surface area contributed by atoms with Gasteiger partial charge in [-0.1, -0.05) is 17.3 Å². The molecular weight excluding hydrogens is 259 g/mol. The molecule has 1 aromatic carbocycles. The fourth-order valence-electron chi connectivity index (χ4n) is 2.54. The second kappa shape index (κ2) is 5.73. The van der Waals surface area contributed by atoms with E-state index in [-0.39, 0.29) is 11.9 Å². The largest absolute Gasteiger partial charge is 0.385 e. The van der Waals surface area contributed by atoms with Crippen molar-refractivity contribution in [2.45, 2.75) is 31.4 Å². The Morgan fingerprint density at radius 3 is 2.90 bits per heavy atom. The maximum absolute atomic E-state index is 12.8. The number of hydrogen-bond donors (Lipinski definition) is 2. The molecule has 2 atom stereocenters. The van der Waals surface area contributed by atoms with Crippen LogP contribution in [0.2, 0.25) is 0 Å². The Kier molecular flexibility index (Phi) is 3.80. The fourth-order valence-corrected chi connectivity index (χ4v) is 2.54. The minimum absolute atomic E-state index is 0.0544. The molecule has 0 amide bonds. The van der Waals surface area contributed by atoms with E-state index in [1.807, 2.05) is 0 Å². The fraction of sp³-hybridized carbons (Fsp3) is 0.400. The Balaban J connectivity index is 1.68. The number of benzene rings is 1. The average Bonchev–Trinajstić information content (AvgIpc) is 3.12. The van der Waals surface area contributed by atoms with Gasteiger partial charge in [0, 0.05) is 18.5 Å². The lowest BCUT2D eigenvalue weighted by Crippen LogP contribution is -2.28. The van der Waals surface area contributed by atoms with Crippen molar-refractivity contribution in [2.24, 2.45) is 0 Å². The molecule has 0 radical (unpaired) electrons. The first-order valence-electron chi connectivity index (χ1n) is 6.84. The Morgan fingerprint density at radius 2 is 2.20 bits per heavy atom. The van der Waals surface area contributed by atoms with Crippen LogP contribution in [0, 0.1) is 5.82 Å². The van der Waals surface area contributed by atoms with E-state index in [0.29, 0.717) is 17.9 Å². The topological polar surface area (TPSA) is 58.3 Å². The summed E-state index contributed by atoms with van der Waals surface area (Å²) in [5.41, 5.74) is 1.50. The van der Waals surface area contributed by atoms with Gasteiger partial charge >= 0.3 is 0 Å². The first-order chi connectivity index (χ1) is 9.72. The molecule has 106 valence electrons. The van der Waals surface area contributed by atoms with Gasteiger partial charge in [0.05, 0.1) is 0 Å². The monoisotopic (exact) mass is 276 g/mol. The zero-order valence-corrected chi connectivity index (χ0v) is 11.1. The molecule has 1 aromatic heterocycles. The van der Waals surface area contributed by atoms with E-state index in [0.717, 1.165) is 24.9 Å². The standard InChI is InChI=1S/C15H17FN2O2/c16-11-5-3-10(4-6-11)8-12-9-14(18-20-12)15(19)13-2-1-7-17-13/h3-6,9,13,15,17,19H,1-2,7-8H2/t13-,15-/m0/s1. The van der Waals surface area contributed by atoms with E-state index in [9.17, 15) is 9.50 Å². The Labute approximate surface area is 116 Å². The van der Waals surface area contributed by atoms with Crippen LogP contribution in [0.5, 0.6) is 0 Å². The van der Waals surface area contributed by atoms with Crippen LogP contribution < -0.4 is 5.32 Å². The van der Waals surface area contributed by atoms with Crippen molar-refractivity contribution in [3.63, 3.8) is 0 Å². The summed E-state index contributed by atoms with van der Waals surface area (Å²) >= 11 is 0. The summed E-state index contributed by atoms with van der Waals surface area (Å²) in [5, 5.41) is 17.4. The van der Waals surface area contributed by atoms with Crippen LogP contribution in [-0.4, -0.2) is 22.8 Å². The second-order valence-electron chi connectivity index (χ2n) is 5.17. The maximum Gasteiger partial charge on any atom is 0.141 e. The van der Waals surface area contributed by atoms with Crippen LogP contribution in [0.15, 0.2) is 34.9 Å². The van der Waals surface area contributed by atoms with Crippen molar-refractivity contribution in [2.75, 3.05) is 6.54 Å². The third-order valence-electron chi connectivity index (χ3n) is 3.65. The zero-order chi connectivity index (χ0) is 13.9. The first kappa shape index (κ1) is 13.3. The number of halogens is 1. The maximum atomic E-state index is 12.8. The van der Waals surface area contributed by atoms with Crippen LogP contribution in [-0.2, 0) is 6.42 Å². The molecule has 1 saturated heterocycles. The van der Waals surface area contributed by atoms with Gasteiger partial charge in [-0.15, -0.1) is 0 Å². The van der Waals surface area contributed by atoms with Gasteiger partial charge in [0.25, 0.3) is 0 Å². The molecule has 1 aliphatic heterocycles. The molecule has 4 nitrogen and oxygen atoms in total. The summed E-state index contributed by atoms with van der Waals surface area (Å²) in [5.74, 6) is 0.415. The molecule has 0 aliphatic carbocycles. The van der Waals surface area contributed by atoms with E-state index in [2.05, 4.69) is 10.5 Å². The highest BCUT2D eigenvalue weighted by Crippen LogP contribution is 2.23. The van der Waals surface area contributed by atoms with Crippen LogP contribution in [0.3, 0.4) is 0 Å². The zero-order valence-electron chi connectivity index (χ0n) is 11.1. The van der Waals surface area contributed by atoms with E-state index >= 15 is 0 Å². The summed E-state index contributed by atoms with van der Waals surface area (Å²) in [7, 11) is 0. The van der Waals surface area contributed by atoms with Gasteiger partial charge in [-0.2, -0.15) is 0 Å². The van der Waals surface area contributed by atoms with Crippen LogP contribution in [0.25, 0.3) is 0 Å². The molecule has 1 aliphatic rings. The van der Waals surface area contributed by atoms with Gasteiger partial charge < -0.3 is 14.9 Å². The number of nitrogens with one attached hydrogen (secondary N) is 1. The van der Waals surface area contributed by atoms with Crippen molar-refractivity contribution < 1.29 is 14.0 Å². The highest BCUT2D eigenvalue weighted by atomic mass is 19.1. The quantitative estimate of drug-likeness (QED) is 0.898. The predicted octanol–water partition coefficient (Wildman–Crippen LogP) is 2.19. The van der Waals surface area contributed by atoms with Crippen molar-refractivity contribution in [1.29, 1.82) is 0 Å². The lowest BCUT2D eigenvalue weighted by molar-refractivity contribution is 0.128. The molecule has 1 fully saturated rings. The molecule has 2 aromatic rings. The highest BCUT2D eigenvalue weighted by molar-refractivity contribution is 5.22. The molecule has 2 heterocycles. The summed E-state index contributed by atoms with van der Waals surface area (Å²) in [6, 6.07) is 8.10. The van der Waals surface area contributed by atoms with E-state index in [1.54, 1.807) is 18.2 Å². The summed E-state index contributed by atoms with van der Waals surface area (Å²) in [4.78, 5) is 0. The molecule has 2 N–H and O–H groups in total. The molecule has 3 rings (SSSR count). The molecule has 0 saturated carbocycles. The van der Waals surface area contributed by atoms with Gasteiger partial charge in [-0.05, 0) is 37.1 Å². The lowest BCUT2D eigenvalue weighted by atomic mass is 10.1. The smallest absolute Gasteiger partial charge is 0.141 e. The molecule has 0 unspecified atom stereocenters. The van der Waals surface area contributed by atoms with Crippen molar-refractivity contribution in [3.8, 4) is 0 Å². The van der Waals surface area contributed by atoms with Crippen molar-refractivity contribution >= 4 is 0 Å². The first-order valence-corrected chi connectivity index (χ1v) is 6.84. The minimum Gasteiger partial charge on any atom is -0.385 e. The number of rotatable bonds is 4. The summed E-state index contributed by atoms with van der Waals surface area (Å²) in [6.45, 7) is 0.933. The van der Waals surface area contributed by atoms with Crippen molar-refractivity contribution in [3.05, 3.63) is 53.2 Å².